The molecule has 2 N–H and O–H groups in total. The minimum absolute atomic E-state index is 0.0569. The Morgan fingerprint density at radius 3 is 3.00 bits per heavy atom. The van der Waals surface area contributed by atoms with Crippen molar-refractivity contribution in [3.05, 3.63) is 35.6 Å². The summed E-state index contributed by atoms with van der Waals surface area (Å²) in [4.78, 5) is 0. The number of rotatable bonds is 3. The zero-order valence-corrected chi connectivity index (χ0v) is 9.28. The summed E-state index contributed by atoms with van der Waals surface area (Å²) in [5.74, 6) is -0.924. The van der Waals surface area contributed by atoms with E-state index in [2.05, 4.69) is 0 Å². The quantitative estimate of drug-likeness (QED) is 0.847. The molecule has 1 aromatic carbocycles. The van der Waals surface area contributed by atoms with Gasteiger partial charge in [-0.1, -0.05) is 12.1 Å². The molecule has 0 spiro atoms. The van der Waals surface area contributed by atoms with Crippen LogP contribution in [0.5, 0.6) is 0 Å². The minimum atomic E-state index is -0.683. The van der Waals surface area contributed by atoms with Crippen molar-refractivity contribution in [3.63, 3.8) is 0 Å². The third kappa shape index (κ3) is 2.58. The zero-order chi connectivity index (χ0) is 11.6. The van der Waals surface area contributed by atoms with Crippen LogP contribution in [0.1, 0.15) is 12.5 Å². The molecule has 16 heavy (non-hydrogen) atoms. The van der Waals surface area contributed by atoms with Gasteiger partial charge in [0.1, 0.15) is 5.82 Å². The Balaban J connectivity index is 2.04. The Morgan fingerprint density at radius 1 is 1.56 bits per heavy atom. The third-order valence-corrected chi connectivity index (χ3v) is 2.67. The number of nitrogens with two attached hydrogens (primary N) is 1. The van der Waals surface area contributed by atoms with E-state index in [9.17, 15) is 4.39 Å². The molecule has 1 aliphatic rings. The molecule has 88 valence electrons. The molecule has 1 aromatic rings. The summed E-state index contributed by atoms with van der Waals surface area (Å²) >= 11 is 0. The van der Waals surface area contributed by atoms with Gasteiger partial charge in [-0.3, -0.25) is 0 Å². The molecule has 2 unspecified atom stereocenters. The van der Waals surface area contributed by atoms with Gasteiger partial charge in [0.2, 0.25) is 0 Å². The zero-order valence-electron chi connectivity index (χ0n) is 9.28. The summed E-state index contributed by atoms with van der Waals surface area (Å²) in [6.45, 7) is 2.80. The van der Waals surface area contributed by atoms with Gasteiger partial charge in [-0.2, -0.15) is 0 Å². The molecular formula is C12H16FNO2. The van der Waals surface area contributed by atoms with Crippen LogP contribution in [0.3, 0.4) is 0 Å². The van der Waals surface area contributed by atoms with Crippen molar-refractivity contribution in [1.82, 2.24) is 0 Å². The molecule has 1 fully saturated rings. The summed E-state index contributed by atoms with van der Waals surface area (Å²) in [5.41, 5.74) is 6.37. The topological polar surface area (TPSA) is 44.5 Å². The van der Waals surface area contributed by atoms with Crippen molar-refractivity contribution in [3.8, 4) is 0 Å². The number of benzene rings is 1. The predicted molar refractivity (Wildman–Crippen MR) is 58.4 cm³/mol. The average Bonchev–Trinajstić information content (AvgIpc) is 2.60. The summed E-state index contributed by atoms with van der Waals surface area (Å²) in [7, 11) is 0. The minimum Gasteiger partial charge on any atom is -0.347 e. The first-order chi connectivity index (χ1) is 7.61. The second-order valence-corrected chi connectivity index (χ2v) is 4.23. The summed E-state index contributed by atoms with van der Waals surface area (Å²) in [6.07, 6.45) is 0.472. The van der Waals surface area contributed by atoms with Crippen LogP contribution in [0.25, 0.3) is 0 Å². The average molecular weight is 225 g/mol. The third-order valence-electron chi connectivity index (χ3n) is 2.67. The van der Waals surface area contributed by atoms with Crippen LogP contribution in [0, 0.1) is 5.82 Å². The molecule has 1 aliphatic heterocycles. The first-order valence-electron chi connectivity index (χ1n) is 5.37. The van der Waals surface area contributed by atoms with Crippen LogP contribution in [-0.4, -0.2) is 25.0 Å². The molecule has 0 radical (unpaired) electrons. The Hall–Kier alpha value is -0.970. The van der Waals surface area contributed by atoms with Crippen molar-refractivity contribution >= 4 is 0 Å². The van der Waals surface area contributed by atoms with Gasteiger partial charge in [-0.25, -0.2) is 4.39 Å². The molecule has 1 heterocycles. The van der Waals surface area contributed by atoms with E-state index in [1.807, 2.05) is 13.0 Å². The fourth-order valence-electron chi connectivity index (χ4n) is 1.92. The van der Waals surface area contributed by atoms with Crippen molar-refractivity contribution in [2.24, 2.45) is 5.73 Å². The van der Waals surface area contributed by atoms with Crippen LogP contribution < -0.4 is 5.73 Å². The fourth-order valence-corrected chi connectivity index (χ4v) is 1.92. The van der Waals surface area contributed by atoms with E-state index in [-0.39, 0.29) is 11.9 Å². The fraction of sp³-hybridized carbons (Fsp3) is 0.500. The smallest absolute Gasteiger partial charge is 0.170 e. The molecule has 0 saturated carbocycles. The van der Waals surface area contributed by atoms with E-state index in [0.29, 0.717) is 19.6 Å². The summed E-state index contributed by atoms with van der Waals surface area (Å²) in [5, 5.41) is 0. The van der Waals surface area contributed by atoms with Crippen molar-refractivity contribution in [2.75, 3.05) is 13.2 Å². The van der Waals surface area contributed by atoms with E-state index in [4.69, 9.17) is 15.2 Å². The maximum Gasteiger partial charge on any atom is 0.170 e. The second-order valence-electron chi connectivity index (χ2n) is 4.23. The van der Waals surface area contributed by atoms with Gasteiger partial charge in [0.15, 0.2) is 5.79 Å². The molecule has 1 saturated heterocycles. The number of halogens is 1. The normalized spacial score (nSPS) is 29.6. The van der Waals surface area contributed by atoms with E-state index in [0.717, 1.165) is 5.56 Å². The number of hydrogen-bond acceptors (Lipinski definition) is 3. The molecule has 3 nitrogen and oxygen atoms in total. The van der Waals surface area contributed by atoms with E-state index in [1.165, 1.54) is 12.1 Å². The monoisotopic (exact) mass is 225 g/mol. The van der Waals surface area contributed by atoms with Crippen LogP contribution in [0.4, 0.5) is 4.39 Å². The molecule has 2 rings (SSSR count). The summed E-state index contributed by atoms with van der Waals surface area (Å²) in [6, 6.07) is 6.46. The highest BCUT2D eigenvalue weighted by Gasteiger charge is 2.36. The number of ether oxygens (including phenoxy) is 2. The lowest BCUT2D eigenvalue weighted by atomic mass is 10.1. The van der Waals surface area contributed by atoms with E-state index < -0.39 is 5.79 Å². The number of hydrogen-bond donors (Lipinski definition) is 1. The molecular weight excluding hydrogens is 209 g/mol. The van der Waals surface area contributed by atoms with Crippen LogP contribution in [0.2, 0.25) is 0 Å². The maximum atomic E-state index is 13.0. The van der Waals surface area contributed by atoms with Gasteiger partial charge < -0.3 is 15.2 Å². The van der Waals surface area contributed by atoms with Gasteiger partial charge in [-0.05, 0) is 24.6 Å². The highest BCUT2D eigenvalue weighted by Crippen LogP contribution is 2.27. The maximum absolute atomic E-state index is 13.0. The van der Waals surface area contributed by atoms with Gasteiger partial charge in [0, 0.05) is 13.0 Å². The Morgan fingerprint density at radius 2 is 2.38 bits per heavy atom. The van der Waals surface area contributed by atoms with Gasteiger partial charge in [-0.15, -0.1) is 0 Å². The lowest BCUT2D eigenvalue weighted by molar-refractivity contribution is -0.151. The standard InChI is InChI=1S/C12H16FNO2/c1-12(15-8-11(7-14)16-12)6-9-3-2-4-10(13)5-9/h2-5,11H,6-8,14H2,1H3. The predicted octanol–water partition coefficient (Wildman–Crippen LogP) is 1.46. The second kappa shape index (κ2) is 4.49. The molecule has 4 heteroatoms. The van der Waals surface area contributed by atoms with Crippen molar-refractivity contribution in [2.45, 2.75) is 25.2 Å². The van der Waals surface area contributed by atoms with Crippen molar-refractivity contribution in [1.29, 1.82) is 0 Å². The SMILES string of the molecule is CC1(Cc2cccc(F)c2)OCC(CN)O1. The highest BCUT2D eigenvalue weighted by atomic mass is 19.1. The van der Waals surface area contributed by atoms with Crippen LogP contribution >= 0.6 is 0 Å². The largest absolute Gasteiger partial charge is 0.347 e. The molecule has 2 atom stereocenters. The Bertz CT molecular complexity index is 372. The summed E-state index contributed by atoms with van der Waals surface area (Å²) < 4.78 is 24.2. The highest BCUT2D eigenvalue weighted by molar-refractivity contribution is 5.17. The lowest BCUT2D eigenvalue weighted by Gasteiger charge is -2.23. The van der Waals surface area contributed by atoms with Gasteiger partial charge in [0.25, 0.3) is 0 Å². The molecule has 0 aliphatic carbocycles. The first-order valence-corrected chi connectivity index (χ1v) is 5.37. The Labute approximate surface area is 94.3 Å². The van der Waals surface area contributed by atoms with Gasteiger partial charge >= 0.3 is 0 Å². The van der Waals surface area contributed by atoms with Crippen LogP contribution in [-0.2, 0) is 15.9 Å². The van der Waals surface area contributed by atoms with Crippen LogP contribution in [0.15, 0.2) is 24.3 Å². The molecule has 0 bridgehead atoms. The molecule has 0 amide bonds. The Kier molecular flexibility index (Phi) is 3.23. The lowest BCUT2D eigenvalue weighted by Crippen LogP contribution is -2.31. The van der Waals surface area contributed by atoms with Crippen molar-refractivity contribution < 1.29 is 13.9 Å². The molecule has 0 aromatic heterocycles. The van der Waals surface area contributed by atoms with E-state index in [1.54, 1.807) is 6.07 Å². The van der Waals surface area contributed by atoms with E-state index >= 15 is 0 Å². The van der Waals surface area contributed by atoms with Gasteiger partial charge in [0.05, 0.1) is 12.7 Å². The first kappa shape index (κ1) is 11.5.